The van der Waals surface area contributed by atoms with Crippen molar-refractivity contribution < 1.29 is 4.39 Å². The van der Waals surface area contributed by atoms with Gasteiger partial charge >= 0.3 is 0 Å². The molecule has 0 radical (unpaired) electrons. The van der Waals surface area contributed by atoms with Crippen LogP contribution in [0.3, 0.4) is 0 Å². The molecule has 0 saturated carbocycles. The fourth-order valence-corrected chi connectivity index (χ4v) is 2.51. The molecule has 0 N–H and O–H groups in total. The van der Waals surface area contributed by atoms with Crippen LogP contribution in [0.2, 0.25) is 0 Å². The molecule has 0 aliphatic rings. The fraction of sp³-hybridized carbons (Fsp3) is 0.143. The molecule has 17 heavy (non-hydrogen) atoms. The van der Waals surface area contributed by atoms with Crippen molar-refractivity contribution in [2.24, 2.45) is 0 Å². The molecular weight excluding hydrogens is 303 g/mol. The van der Waals surface area contributed by atoms with E-state index in [1.807, 2.05) is 24.3 Å². The van der Waals surface area contributed by atoms with Gasteiger partial charge in [-0.3, -0.25) is 0 Å². The Morgan fingerprint density at radius 2 is 1.88 bits per heavy atom. The molecule has 0 nitrogen and oxygen atoms in total. The monoisotopic (exact) mass is 312 g/mol. The lowest BCUT2D eigenvalue weighted by atomic mass is 10.0. The summed E-state index contributed by atoms with van der Waals surface area (Å²) < 4.78 is 14.5. The lowest BCUT2D eigenvalue weighted by Gasteiger charge is -2.11. The molecule has 1 unspecified atom stereocenters. The Kier molecular flexibility index (Phi) is 4.19. The average Bonchev–Trinajstić information content (AvgIpc) is 2.29. The van der Waals surface area contributed by atoms with Crippen molar-refractivity contribution in [1.82, 2.24) is 0 Å². The van der Waals surface area contributed by atoms with E-state index < -0.39 is 0 Å². The zero-order chi connectivity index (χ0) is 12.3. The van der Waals surface area contributed by atoms with Crippen molar-refractivity contribution in [2.75, 3.05) is 0 Å². The minimum absolute atomic E-state index is 0.248. The molecule has 2 rings (SSSR count). The van der Waals surface area contributed by atoms with E-state index >= 15 is 0 Å². The maximum Gasteiger partial charge on any atom is 0.127 e. The molecule has 0 amide bonds. The maximum absolute atomic E-state index is 13.5. The number of alkyl halides is 1. The third kappa shape index (κ3) is 3.30. The summed E-state index contributed by atoms with van der Waals surface area (Å²) in [5, 5.41) is -0.342. The van der Waals surface area contributed by atoms with E-state index in [2.05, 4.69) is 15.9 Å². The summed E-state index contributed by atoms with van der Waals surface area (Å²) in [6.07, 6.45) is 0.613. The predicted molar refractivity (Wildman–Crippen MR) is 72.8 cm³/mol. The Balaban J connectivity index is 2.17. The first-order chi connectivity index (χ1) is 8.16. The third-order valence-corrected chi connectivity index (χ3v) is 3.43. The average molecular weight is 314 g/mol. The van der Waals surface area contributed by atoms with Crippen LogP contribution in [0.25, 0.3) is 0 Å². The van der Waals surface area contributed by atoms with Crippen LogP contribution >= 0.6 is 27.5 Å². The minimum atomic E-state index is -0.342. The first kappa shape index (κ1) is 12.6. The van der Waals surface area contributed by atoms with Crippen LogP contribution in [-0.2, 0) is 6.42 Å². The van der Waals surface area contributed by atoms with Gasteiger partial charge in [0, 0.05) is 10.0 Å². The Hall–Kier alpha value is -0.860. The summed E-state index contributed by atoms with van der Waals surface area (Å²) >= 11 is 9.65. The van der Waals surface area contributed by atoms with Crippen molar-refractivity contribution >= 4 is 27.5 Å². The quantitative estimate of drug-likeness (QED) is 0.691. The van der Waals surface area contributed by atoms with Crippen LogP contribution in [-0.4, -0.2) is 0 Å². The molecule has 0 aliphatic carbocycles. The van der Waals surface area contributed by atoms with Crippen molar-refractivity contribution in [2.45, 2.75) is 11.8 Å². The zero-order valence-corrected chi connectivity index (χ0v) is 11.4. The third-order valence-electron chi connectivity index (χ3n) is 2.55. The molecule has 2 aromatic carbocycles. The minimum Gasteiger partial charge on any atom is -0.207 e. The lowest BCUT2D eigenvalue weighted by Crippen LogP contribution is -1.98. The summed E-state index contributed by atoms with van der Waals surface area (Å²) in [6, 6.07) is 14.5. The van der Waals surface area contributed by atoms with E-state index in [0.717, 1.165) is 10.0 Å². The highest BCUT2D eigenvalue weighted by Crippen LogP contribution is 2.27. The van der Waals surface area contributed by atoms with Gasteiger partial charge in [0.05, 0.1) is 5.38 Å². The molecule has 0 spiro atoms. The number of hydrogen-bond acceptors (Lipinski definition) is 0. The first-order valence-corrected chi connectivity index (χ1v) is 6.52. The van der Waals surface area contributed by atoms with Crippen LogP contribution in [0, 0.1) is 5.82 Å². The molecule has 0 fully saturated rings. The highest BCUT2D eigenvalue weighted by Gasteiger charge is 2.13. The van der Waals surface area contributed by atoms with Gasteiger partial charge in [-0.1, -0.05) is 46.3 Å². The van der Waals surface area contributed by atoms with E-state index in [9.17, 15) is 4.39 Å². The van der Waals surface area contributed by atoms with Crippen LogP contribution in [0.4, 0.5) is 4.39 Å². The number of rotatable bonds is 3. The van der Waals surface area contributed by atoms with Crippen molar-refractivity contribution in [3.8, 4) is 0 Å². The molecule has 0 aliphatic heterocycles. The summed E-state index contributed by atoms with van der Waals surface area (Å²) in [6.45, 7) is 0. The van der Waals surface area contributed by atoms with Crippen molar-refractivity contribution in [3.63, 3.8) is 0 Å². The Bertz CT molecular complexity index is 513. The second-order valence-electron chi connectivity index (χ2n) is 3.82. The van der Waals surface area contributed by atoms with E-state index in [4.69, 9.17) is 11.6 Å². The topological polar surface area (TPSA) is 0 Å². The summed E-state index contributed by atoms with van der Waals surface area (Å²) in [4.78, 5) is 0. The van der Waals surface area contributed by atoms with Crippen LogP contribution in [0.5, 0.6) is 0 Å². The Morgan fingerprint density at radius 1 is 1.12 bits per heavy atom. The summed E-state index contributed by atoms with van der Waals surface area (Å²) in [5.74, 6) is -0.248. The number of hydrogen-bond donors (Lipinski definition) is 0. The molecule has 0 heterocycles. The zero-order valence-electron chi connectivity index (χ0n) is 9.04. The van der Waals surface area contributed by atoms with E-state index in [0.29, 0.717) is 12.0 Å². The standard InChI is InChI=1S/C14H11BrClF/c15-11-5-3-4-10(8-11)9-13(16)12-6-1-2-7-14(12)17/h1-8,13H,9H2. The smallest absolute Gasteiger partial charge is 0.127 e. The Labute approximate surface area is 114 Å². The summed E-state index contributed by atoms with van der Waals surface area (Å²) in [7, 11) is 0. The summed E-state index contributed by atoms with van der Waals surface area (Å²) in [5.41, 5.74) is 1.64. The first-order valence-electron chi connectivity index (χ1n) is 5.30. The maximum atomic E-state index is 13.5. The number of benzene rings is 2. The van der Waals surface area contributed by atoms with E-state index in [1.165, 1.54) is 6.07 Å². The predicted octanol–water partition coefficient (Wildman–Crippen LogP) is 5.11. The molecular formula is C14H11BrClF. The molecule has 3 heteroatoms. The second kappa shape index (κ2) is 5.65. The largest absolute Gasteiger partial charge is 0.207 e. The Morgan fingerprint density at radius 3 is 2.59 bits per heavy atom. The van der Waals surface area contributed by atoms with Crippen LogP contribution in [0.15, 0.2) is 53.0 Å². The molecule has 2 aromatic rings. The van der Waals surface area contributed by atoms with Gasteiger partial charge in [-0.05, 0) is 30.2 Å². The molecule has 1 atom stereocenters. The van der Waals surface area contributed by atoms with E-state index in [1.54, 1.807) is 18.2 Å². The van der Waals surface area contributed by atoms with Gasteiger partial charge < -0.3 is 0 Å². The van der Waals surface area contributed by atoms with Crippen molar-refractivity contribution in [3.05, 3.63) is 69.9 Å². The van der Waals surface area contributed by atoms with Gasteiger partial charge in [-0.15, -0.1) is 11.6 Å². The highest BCUT2D eigenvalue weighted by molar-refractivity contribution is 9.10. The second-order valence-corrected chi connectivity index (χ2v) is 5.27. The van der Waals surface area contributed by atoms with Crippen LogP contribution < -0.4 is 0 Å². The van der Waals surface area contributed by atoms with Gasteiger partial charge in [0.25, 0.3) is 0 Å². The van der Waals surface area contributed by atoms with Crippen molar-refractivity contribution in [1.29, 1.82) is 0 Å². The van der Waals surface area contributed by atoms with Gasteiger partial charge in [-0.25, -0.2) is 4.39 Å². The van der Waals surface area contributed by atoms with Gasteiger partial charge in [-0.2, -0.15) is 0 Å². The fourth-order valence-electron chi connectivity index (χ4n) is 1.71. The molecule has 88 valence electrons. The normalized spacial score (nSPS) is 12.4. The molecule has 0 bridgehead atoms. The SMILES string of the molecule is Fc1ccccc1C(Cl)Cc1cccc(Br)c1. The molecule has 0 saturated heterocycles. The van der Waals surface area contributed by atoms with Gasteiger partial charge in [0.1, 0.15) is 5.82 Å². The highest BCUT2D eigenvalue weighted by atomic mass is 79.9. The lowest BCUT2D eigenvalue weighted by molar-refractivity contribution is 0.606. The van der Waals surface area contributed by atoms with Crippen LogP contribution in [0.1, 0.15) is 16.5 Å². The number of halogens is 3. The van der Waals surface area contributed by atoms with Gasteiger partial charge in [0.2, 0.25) is 0 Å². The van der Waals surface area contributed by atoms with E-state index in [-0.39, 0.29) is 11.2 Å². The van der Waals surface area contributed by atoms with Gasteiger partial charge in [0.15, 0.2) is 0 Å². The molecule has 0 aromatic heterocycles.